The van der Waals surface area contributed by atoms with E-state index < -0.39 is 0 Å². The van der Waals surface area contributed by atoms with E-state index in [4.69, 9.17) is 11.6 Å². The molecule has 1 aromatic carbocycles. The van der Waals surface area contributed by atoms with Crippen LogP contribution in [0.2, 0.25) is 5.02 Å². The molecule has 18 heavy (non-hydrogen) atoms. The van der Waals surface area contributed by atoms with Gasteiger partial charge in [-0.15, -0.1) is 0 Å². The summed E-state index contributed by atoms with van der Waals surface area (Å²) in [6.45, 7) is 2.08. The minimum atomic E-state index is -0.337. The standard InChI is InChI=1S/C14H19ClFNS/c1-9(10-3-6-13(15)14(16)7-10)17-11-4-5-12(8-11)18-2/h3,6-7,9,11-12,17H,4-5,8H2,1-2H3. The van der Waals surface area contributed by atoms with Crippen LogP contribution in [0.4, 0.5) is 4.39 Å². The topological polar surface area (TPSA) is 12.0 Å². The van der Waals surface area contributed by atoms with Crippen molar-refractivity contribution in [2.45, 2.75) is 43.5 Å². The van der Waals surface area contributed by atoms with Crippen LogP contribution in [-0.2, 0) is 0 Å². The Labute approximate surface area is 117 Å². The van der Waals surface area contributed by atoms with Crippen molar-refractivity contribution >= 4 is 23.4 Å². The van der Waals surface area contributed by atoms with Crippen molar-refractivity contribution in [1.82, 2.24) is 5.32 Å². The lowest BCUT2D eigenvalue weighted by Gasteiger charge is -2.20. The third kappa shape index (κ3) is 3.40. The molecule has 1 nitrogen and oxygen atoms in total. The molecular formula is C14H19ClFNS. The van der Waals surface area contributed by atoms with E-state index in [-0.39, 0.29) is 16.9 Å². The average Bonchev–Trinajstić information content (AvgIpc) is 2.80. The maximum absolute atomic E-state index is 13.4. The molecule has 1 aromatic rings. The molecule has 1 aliphatic rings. The Bertz CT molecular complexity index is 413. The summed E-state index contributed by atoms with van der Waals surface area (Å²) in [6.07, 6.45) is 5.87. The zero-order valence-electron chi connectivity index (χ0n) is 10.7. The highest BCUT2D eigenvalue weighted by Crippen LogP contribution is 2.30. The second-order valence-corrected chi connectivity index (χ2v) is 6.47. The van der Waals surface area contributed by atoms with Gasteiger partial charge in [0, 0.05) is 17.3 Å². The summed E-state index contributed by atoms with van der Waals surface area (Å²) in [7, 11) is 0. The van der Waals surface area contributed by atoms with Gasteiger partial charge in [0.25, 0.3) is 0 Å². The molecule has 1 fully saturated rings. The lowest BCUT2D eigenvalue weighted by Crippen LogP contribution is -2.29. The Kier molecular flexibility index (Phi) is 4.93. The summed E-state index contributed by atoms with van der Waals surface area (Å²) in [5.74, 6) is -0.337. The van der Waals surface area contributed by atoms with Crippen molar-refractivity contribution in [3.8, 4) is 0 Å². The number of rotatable bonds is 4. The number of benzene rings is 1. The van der Waals surface area contributed by atoms with E-state index in [1.165, 1.54) is 25.3 Å². The van der Waals surface area contributed by atoms with Crippen LogP contribution in [-0.4, -0.2) is 17.5 Å². The Morgan fingerprint density at radius 2 is 2.22 bits per heavy atom. The van der Waals surface area contributed by atoms with E-state index in [0.29, 0.717) is 6.04 Å². The maximum Gasteiger partial charge on any atom is 0.142 e. The number of nitrogens with one attached hydrogen (secondary N) is 1. The molecule has 2 rings (SSSR count). The smallest absolute Gasteiger partial charge is 0.142 e. The van der Waals surface area contributed by atoms with Crippen LogP contribution < -0.4 is 5.32 Å². The van der Waals surface area contributed by atoms with E-state index in [2.05, 4.69) is 18.5 Å². The molecule has 1 N–H and O–H groups in total. The lowest BCUT2D eigenvalue weighted by atomic mass is 10.1. The van der Waals surface area contributed by atoms with Crippen LogP contribution in [0.1, 0.15) is 37.8 Å². The molecule has 0 aliphatic heterocycles. The quantitative estimate of drug-likeness (QED) is 0.880. The van der Waals surface area contributed by atoms with Crippen molar-refractivity contribution in [2.24, 2.45) is 0 Å². The second-order valence-electron chi connectivity index (χ2n) is 4.93. The summed E-state index contributed by atoms with van der Waals surface area (Å²) >= 11 is 7.64. The van der Waals surface area contributed by atoms with Crippen LogP contribution in [0.5, 0.6) is 0 Å². The SMILES string of the molecule is CSC1CCC(NC(C)c2ccc(Cl)c(F)c2)C1. The monoisotopic (exact) mass is 287 g/mol. The molecule has 100 valence electrons. The van der Waals surface area contributed by atoms with Gasteiger partial charge in [0.15, 0.2) is 0 Å². The Hall–Kier alpha value is -0.250. The van der Waals surface area contributed by atoms with Gasteiger partial charge in [0.1, 0.15) is 5.82 Å². The summed E-state index contributed by atoms with van der Waals surface area (Å²) in [4.78, 5) is 0. The zero-order chi connectivity index (χ0) is 13.1. The third-order valence-electron chi connectivity index (χ3n) is 3.65. The summed E-state index contributed by atoms with van der Waals surface area (Å²) in [5.41, 5.74) is 0.963. The van der Waals surface area contributed by atoms with E-state index >= 15 is 0 Å². The van der Waals surface area contributed by atoms with Crippen LogP contribution in [0.25, 0.3) is 0 Å². The average molecular weight is 288 g/mol. The number of halogens is 2. The first kappa shape index (κ1) is 14.2. The minimum absolute atomic E-state index is 0.169. The Morgan fingerprint density at radius 1 is 1.44 bits per heavy atom. The Balaban J connectivity index is 1.95. The zero-order valence-corrected chi connectivity index (χ0v) is 12.3. The van der Waals surface area contributed by atoms with E-state index in [9.17, 15) is 4.39 Å². The molecule has 1 saturated carbocycles. The van der Waals surface area contributed by atoms with Gasteiger partial charge in [-0.3, -0.25) is 0 Å². The molecular weight excluding hydrogens is 269 g/mol. The van der Waals surface area contributed by atoms with Crippen molar-refractivity contribution in [1.29, 1.82) is 0 Å². The fourth-order valence-corrected chi connectivity index (χ4v) is 3.45. The molecule has 0 spiro atoms. The van der Waals surface area contributed by atoms with Crippen molar-refractivity contribution in [2.75, 3.05) is 6.26 Å². The molecule has 3 atom stereocenters. The first-order chi connectivity index (χ1) is 8.60. The van der Waals surface area contributed by atoms with Gasteiger partial charge in [-0.1, -0.05) is 17.7 Å². The van der Waals surface area contributed by atoms with E-state index in [1.807, 2.05) is 17.8 Å². The van der Waals surface area contributed by atoms with Gasteiger partial charge < -0.3 is 5.32 Å². The lowest BCUT2D eigenvalue weighted by molar-refractivity contribution is 0.460. The molecule has 0 radical (unpaired) electrons. The van der Waals surface area contributed by atoms with Crippen molar-refractivity contribution in [3.05, 3.63) is 34.6 Å². The van der Waals surface area contributed by atoms with Gasteiger partial charge >= 0.3 is 0 Å². The number of hydrogen-bond donors (Lipinski definition) is 1. The summed E-state index contributed by atoms with van der Waals surface area (Å²) in [6, 6.07) is 5.77. The second kappa shape index (κ2) is 6.27. The van der Waals surface area contributed by atoms with Crippen LogP contribution in [0.3, 0.4) is 0 Å². The van der Waals surface area contributed by atoms with Crippen LogP contribution >= 0.6 is 23.4 Å². The van der Waals surface area contributed by atoms with E-state index in [0.717, 1.165) is 10.8 Å². The highest BCUT2D eigenvalue weighted by atomic mass is 35.5. The van der Waals surface area contributed by atoms with Gasteiger partial charge in [-0.25, -0.2) is 4.39 Å². The molecule has 0 saturated heterocycles. The summed E-state index contributed by atoms with van der Waals surface area (Å²) in [5, 5.41) is 4.55. The first-order valence-electron chi connectivity index (χ1n) is 6.34. The Morgan fingerprint density at radius 3 is 2.83 bits per heavy atom. The van der Waals surface area contributed by atoms with Crippen molar-refractivity contribution in [3.63, 3.8) is 0 Å². The molecule has 1 aliphatic carbocycles. The number of thioether (sulfide) groups is 1. The largest absolute Gasteiger partial charge is 0.307 e. The highest BCUT2D eigenvalue weighted by molar-refractivity contribution is 7.99. The van der Waals surface area contributed by atoms with Gasteiger partial charge in [0.2, 0.25) is 0 Å². The van der Waals surface area contributed by atoms with Crippen LogP contribution in [0, 0.1) is 5.82 Å². The van der Waals surface area contributed by atoms with E-state index in [1.54, 1.807) is 6.07 Å². The normalized spacial score (nSPS) is 25.3. The molecule has 0 bridgehead atoms. The van der Waals surface area contributed by atoms with Crippen LogP contribution in [0.15, 0.2) is 18.2 Å². The van der Waals surface area contributed by atoms with Gasteiger partial charge in [-0.2, -0.15) is 11.8 Å². The molecule has 0 amide bonds. The first-order valence-corrected chi connectivity index (χ1v) is 8.00. The third-order valence-corrected chi connectivity index (χ3v) is 5.05. The fourth-order valence-electron chi connectivity index (χ4n) is 2.54. The van der Waals surface area contributed by atoms with Crippen molar-refractivity contribution < 1.29 is 4.39 Å². The fraction of sp³-hybridized carbons (Fsp3) is 0.571. The molecule has 0 heterocycles. The predicted octanol–water partition coefficient (Wildman–Crippen LogP) is 4.41. The molecule has 4 heteroatoms. The highest BCUT2D eigenvalue weighted by Gasteiger charge is 2.25. The minimum Gasteiger partial charge on any atom is -0.307 e. The molecule has 0 aromatic heterocycles. The van der Waals surface area contributed by atoms with Gasteiger partial charge in [-0.05, 0) is 50.1 Å². The molecule has 3 unspecified atom stereocenters. The summed E-state index contributed by atoms with van der Waals surface area (Å²) < 4.78 is 13.4. The van der Waals surface area contributed by atoms with Gasteiger partial charge in [0.05, 0.1) is 5.02 Å². The number of hydrogen-bond acceptors (Lipinski definition) is 2. The predicted molar refractivity (Wildman–Crippen MR) is 77.9 cm³/mol. The maximum atomic E-state index is 13.4.